The standard InChI is InChI=1S/C18H31N3O3/c1-6-21(7-2)14(15-9-8-12-24-15)13-20-16(22)10-11-19-17(23)18(3,4)5/h8-9,12,14H,6-7,10-11,13H2,1-5H3,(H,19,23)(H,20,22)/t14-/m0/s1. The zero-order valence-corrected chi connectivity index (χ0v) is 15.5. The Kier molecular flexibility index (Phi) is 7.98. The van der Waals surface area contributed by atoms with Gasteiger partial charge >= 0.3 is 0 Å². The van der Waals surface area contributed by atoms with Gasteiger partial charge in [-0.1, -0.05) is 34.6 Å². The molecule has 1 rings (SSSR count). The van der Waals surface area contributed by atoms with Crippen molar-refractivity contribution in [1.29, 1.82) is 0 Å². The van der Waals surface area contributed by atoms with Crippen LogP contribution in [-0.4, -0.2) is 42.9 Å². The van der Waals surface area contributed by atoms with Gasteiger partial charge in [0, 0.05) is 24.9 Å². The van der Waals surface area contributed by atoms with Gasteiger partial charge in [-0.3, -0.25) is 14.5 Å². The molecule has 2 amide bonds. The number of carbonyl (C=O) groups is 2. The van der Waals surface area contributed by atoms with Crippen LogP contribution in [0.2, 0.25) is 0 Å². The SMILES string of the molecule is CCN(CC)[C@@H](CNC(=O)CCNC(=O)C(C)(C)C)c1ccco1. The summed E-state index contributed by atoms with van der Waals surface area (Å²) in [6, 6.07) is 3.80. The Morgan fingerprint density at radius 3 is 2.38 bits per heavy atom. The highest BCUT2D eigenvalue weighted by Gasteiger charge is 2.22. The fourth-order valence-electron chi connectivity index (χ4n) is 2.41. The van der Waals surface area contributed by atoms with Gasteiger partial charge in [0.25, 0.3) is 0 Å². The fraction of sp³-hybridized carbons (Fsp3) is 0.667. The quantitative estimate of drug-likeness (QED) is 0.725. The number of furan rings is 1. The minimum Gasteiger partial charge on any atom is -0.468 e. The number of carbonyl (C=O) groups excluding carboxylic acids is 2. The lowest BCUT2D eigenvalue weighted by Crippen LogP contribution is -2.40. The van der Waals surface area contributed by atoms with Crippen LogP contribution < -0.4 is 10.6 Å². The summed E-state index contributed by atoms with van der Waals surface area (Å²) >= 11 is 0. The first-order valence-electron chi connectivity index (χ1n) is 8.62. The Labute approximate surface area is 145 Å². The second kappa shape index (κ2) is 9.47. The lowest BCUT2D eigenvalue weighted by molar-refractivity contribution is -0.128. The number of nitrogens with one attached hydrogen (secondary N) is 2. The summed E-state index contributed by atoms with van der Waals surface area (Å²) in [6.45, 7) is 12.3. The Hall–Kier alpha value is -1.82. The summed E-state index contributed by atoms with van der Waals surface area (Å²) in [5, 5.41) is 5.73. The molecule has 2 N–H and O–H groups in total. The molecule has 0 aliphatic rings. The molecule has 0 aliphatic heterocycles. The average molecular weight is 337 g/mol. The highest BCUT2D eigenvalue weighted by Crippen LogP contribution is 2.20. The first-order valence-corrected chi connectivity index (χ1v) is 8.62. The van der Waals surface area contributed by atoms with E-state index in [1.54, 1.807) is 6.26 Å². The molecule has 6 heteroatoms. The van der Waals surface area contributed by atoms with Crippen LogP contribution in [0.25, 0.3) is 0 Å². The number of likely N-dealkylation sites (N-methyl/N-ethyl adjacent to an activating group) is 1. The topological polar surface area (TPSA) is 74.6 Å². The van der Waals surface area contributed by atoms with Gasteiger partial charge in [0.15, 0.2) is 0 Å². The molecule has 0 saturated carbocycles. The van der Waals surface area contributed by atoms with Crippen molar-refractivity contribution in [3.63, 3.8) is 0 Å². The molecule has 6 nitrogen and oxygen atoms in total. The van der Waals surface area contributed by atoms with E-state index < -0.39 is 5.41 Å². The largest absolute Gasteiger partial charge is 0.468 e. The molecule has 0 aliphatic carbocycles. The molecule has 0 saturated heterocycles. The molecule has 1 aromatic rings. The zero-order valence-electron chi connectivity index (χ0n) is 15.5. The van der Waals surface area contributed by atoms with Crippen LogP contribution in [0.5, 0.6) is 0 Å². The molecular weight excluding hydrogens is 306 g/mol. The molecule has 24 heavy (non-hydrogen) atoms. The van der Waals surface area contributed by atoms with E-state index >= 15 is 0 Å². The van der Waals surface area contributed by atoms with Crippen molar-refractivity contribution in [2.45, 2.75) is 47.1 Å². The molecule has 0 unspecified atom stereocenters. The van der Waals surface area contributed by atoms with Crippen molar-refractivity contribution in [2.75, 3.05) is 26.2 Å². The normalized spacial score (nSPS) is 12.9. The van der Waals surface area contributed by atoms with Gasteiger partial charge in [0.05, 0.1) is 12.3 Å². The van der Waals surface area contributed by atoms with E-state index in [2.05, 4.69) is 29.4 Å². The molecular formula is C18H31N3O3. The minimum absolute atomic E-state index is 0.0168. The number of amides is 2. The third-order valence-corrected chi connectivity index (χ3v) is 3.94. The summed E-state index contributed by atoms with van der Waals surface area (Å²) < 4.78 is 5.51. The second-order valence-electron chi connectivity index (χ2n) is 6.81. The maximum atomic E-state index is 12.0. The first kappa shape index (κ1) is 20.2. The molecule has 0 spiro atoms. The van der Waals surface area contributed by atoms with Crippen LogP contribution in [-0.2, 0) is 9.59 Å². The molecule has 0 radical (unpaired) electrons. The Bertz CT molecular complexity index is 502. The van der Waals surface area contributed by atoms with Gasteiger partial charge in [0.2, 0.25) is 11.8 Å². The van der Waals surface area contributed by atoms with Gasteiger partial charge in [0.1, 0.15) is 5.76 Å². The van der Waals surface area contributed by atoms with Crippen molar-refractivity contribution in [3.8, 4) is 0 Å². The van der Waals surface area contributed by atoms with Crippen LogP contribution in [0.4, 0.5) is 0 Å². The fourth-order valence-corrected chi connectivity index (χ4v) is 2.41. The lowest BCUT2D eigenvalue weighted by Gasteiger charge is -2.28. The van der Waals surface area contributed by atoms with E-state index in [1.165, 1.54) is 0 Å². The average Bonchev–Trinajstić information content (AvgIpc) is 3.04. The molecule has 1 atom stereocenters. The number of nitrogens with zero attached hydrogens (tertiary/aromatic N) is 1. The molecule has 1 heterocycles. The highest BCUT2D eigenvalue weighted by atomic mass is 16.3. The van der Waals surface area contributed by atoms with E-state index in [4.69, 9.17) is 4.42 Å². The Morgan fingerprint density at radius 1 is 1.21 bits per heavy atom. The van der Waals surface area contributed by atoms with Crippen LogP contribution in [0.1, 0.15) is 52.8 Å². The molecule has 0 aromatic carbocycles. The molecule has 0 bridgehead atoms. The number of rotatable bonds is 9. The van der Waals surface area contributed by atoms with Crippen molar-refractivity contribution >= 4 is 11.8 Å². The maximum absolute atomic E-state index is 12.0. The van der Waals surface area contributed by atoms with E-state index in [0.29, 0.717) is 13.1 Å². The van der Waals surface area contributed by atoms with Crippen LogP contribution >= 0.6 is 0 Å². The minimum atomic E-state index is -0.441. The van der Waals surface area contributed by atoms with Gasteiger partial charge in [-0.05, 0) is 25.2 Å². The molecule has 136 valence electrons. The smallest absolute Gasteiger partial charge is 0.225 e. The highest BCUT2D eigenvalue weighted by molar-refractivity contribution is 5.82. The van der Waals surface area contributed by atoms with E-state index in [0.717, 1.165) is 18.8 Å². The van der Waals surface area contributed by atoms with Crippen molar-refractivity contribution in [1.82, 2.24) is 15.5 Å². The maximum Gasteiger partial charge on any atom is 0.225 e. The predicted octanol–water partition coefficient (Wildman–Crippen LogP) is 2.33. The number of hydrogen-bond donors (Lipinski definition) is 2. The van der Waals surface area contributed by atoms with Crippen LogP contribution in [0, 0.1) is 5.41 Å². The van der Waals surface area contributed by atoms with Gasteiger partial charge in [-0.25, -0.2) is 0 Å². The van der Waals surface area contributed by atoms with E-state index in [9.17, 15) is 9.59 Å². The van der Waals surface area contributed by atoms with Gasteiger partial charge in [-0.2, -0.15) is 0 Å². The zero-order chi connectivity index (χ0) is 18.2. The third kappa shape index (κ3) is 6.35. The second-order valence-corrected chi connectivity index (χ2v) is 6.81. The first-order chi connectivity index (χ1) is 11.3. The summed E-state index contributed by atoms with van der Waals surface area (Å²) in [7, 11) is 0. The van der Waals surface area contributed by atoms with E-state index in [1.807, 2.05) is 32.9 Å². The third-order valence-electron chi connectivity index (χ3n) is 3.94. The summed E-state index contributed by atoms with van der Waals surface area (Å²) in [6.07, 6.45) is 1.92. The monoisotopic (exact) mass is 337 g/mol. The summed E-state index contributed by atoms with van der Waals surface area (Å²) in [4.78, 5) is 26.0. The van der Waals surface area contributed by atoms with Crippen molar-refractivity contribution in [3.05, 3.63) is 24.2 Å². The molecule has 0 fully saturated rings. The predicted molar refractivity (Wildman–Crippen MR) is 94.5 cm³/mol. The summed E-state index contributed by atoms with van der Waals surface area (Å²) in [5.74, 6) is 0.722. The van der Waals surface area contributed by atoms with Gasteiger partial charge < -0.3 is 15.1 Å². The number of hydrogen-bond acceptors (Lipinski definition) is 4. The summed E-state index contributed by atoms with van der Waals surface area (Å²) in [5.41, 5.74) is -0.441. The Morgan fingerprint density at radius 2 is 1.88 bits per heavy atom. The van der Waals surface area contributed by atoms with Crippen molar-refractivity contribution < 1.29 is 14.0 Å². The lowest BCUT2D eigenvalue weighted by atomic mass is 9.96. The molecule has 1 aromatic heterocycles. The van der Waals surface area contributed by atoms with Crippen LogP contribution in [0.15, 0.2) is 22.8 Å². The van der Waals surface area contributed by atoms with Crippen molar-refractivity contribution in [2.24, 2.45) is 5.41 Å². The van der Waals surface area contributed by atoms with Crippen LogP contribution in [0.3, 0.4) is 0 Å². The Balaban J connectivity index is 2.46. The van der Waals surface area contributed by atoms with E-state index in [-0.39, 0.29) is 24.3 Å². The van der Waals surface area contributed by atoms with Gasteiger partial charge in [-0.15, -0.1) is 0 Å².